The molecule has 148 valence electrons. The van der Waals surface area contributed by atoms with Crippen molar-refractivity contribution in [3.8, 4) is 10.6 Å². The number of aromatic nitrogens is 4. The molecule has 0 N–H and O–H groups in total. The van der Waals surface area contributed by atoms with Crippen molar-refractivity contribution in [2.45, 2.75) is 32.7 Å². The molecule has 0 aliphatic carbocycles. The SMILES string of the molecule is Cc1cc([C@@H]2CCCN2C(=O)c2cc(-c3cccs3)nc3c2c(C)nn3C)on1. The molecule has 0 unspecified atom stereocenters. The minimum absolute atomic E-state index is 0.0112. The molecule has 4 aromatic heterocycles. The Morgan fingerprint density at radius 3 is 2.90 bits per heavy atom. The molecule has 1 fully saturated rings. The third-order valence-corrected chi connectivity index (χ3v) is 6.35. The van der Waals surface area contributed by atoms with Gasteiger partial charge in [-0.1, -0.05) is 11.2 Å². The zero-order chi connectivity index (χ0) is 20.1. The van der Waals surface area contributed by atoms with E-state index >= 15 is 0 Å². The van der Waals surface area contributed by atoms with Crippen molar-refractivity contribution >= 4 is 28.3 Å². The lowest BCUT2D eigenvalue weighted by Crippen LogP contribution is -2.30. The minimum atomic E-state index is -0.0888. The van der Waals surface area contributed by atoms with Crippen molar-refractivity contribution in [1.29, 1.82) is 0 Å². The van der Waals surface area contributed by atoms with E-state index in [2.05, 4.69) is 10.3 Å². The van der Waals surface area contributed by atoms with Crippen molar-refractivity contribution < 1.29 is 9.32 Å². The smallest absolute Gasteiger partial charge is 0.255 e. The highest BCUT2D eigenvalue weighted by atomic mass is 32.1. The summed E-state index contributed by atoms with van der Waals surface area (Å²) in [6, 6.07) is 7.75. The van der Waals surface area contributed by atoms with Gasteiger partial charge in [-0.15, -0.1) is 11.3 Å². The van der Waals surface area contributed by atoms with Crippen LogP contribution in [0.5, 0.6) is 0 Å². The first-order chi connectivity index (χ1) is 14.0. The van der Waals surface area contributed by atoms with E-state index in [1.165, 1.54) is 0 Å². The van der Waals surface area contributed by atoms with Crippen molar-refractivity contribution in [3.05, 3.63) is 52.4 Å². The fourth-order valence-electron chi connectivity index (χ4n) is 4.16. The maximum Gasteiger partial charge on any atom is 0.255 e. The van der Waals surface area contributed by atoms with Gasteiger partial charge >= 0.3 is 0 Å². The molecular formula is C21H21N5O2S. The predicted octanol–water partition coefficient (Wildman–Crippen LogP) is 4.28. The average molecular weight is 407 g/mol. The summed E-state index contributed by atoms with van der Waals surface area (Å²) in [4.78, 5) is 21.5. The fourth-order valence-corrected chi connectivity index (χ4v) is 4.85. The second-order valence-electron chi connectivity index (χ2n) is 7.47. The molecule has 4 aromatic rings. The third-order valence-electron chi connectivity index (χ3n) is 5.46. The number of carbonyl (C=O) groups is 1. The van der Waals surface area contributed by atoms with Gasteiger partial charge in [-0.3, -0.25) is 9.48 Å². The molecular weight excluding hydrogens is 386 g/mol. The van der Waals surface area contributed by atoms with Gasteiger partial charge in [0.05, 0.1) is 39.0 Å². The summed E-state index contributed by atoms with van der Waals surface area (Å²) in [6.45, 7) is 4.51. The summed E-state index contributed by atoms with van der Waals surface area (Å²) in [5, 5.41) is 11.4. The monoisotopic (exact) mass is 407 g/mol. The lowest BCUT2D eigenvalue weighted by atomic mass is 10.1. The Bertz CT molecular complexity index is 1210. The second kappa shape index (κ2) is 6.81. The molecule has 1 atom stereocenters. The van der Waals surface area contributed by atoms with Crippen LogP contribution in [0.25, 0.3) is 21.6 Å². The van der Waals surface area contributed by atoms with E-state index in [9.17, 15) is 4.79 Å². The van der Waals surface area contributed by atoms with Crippen LogP contribution in [-0.2, 0) is 7.05 Å². The maximum absolute atomic E-state index is 13.7. The third kappa shape index (κ3) is 2.95. The van der Waals surface area contributed by atoms with E-state index in [0.717, 1.165) is 51.6 Å². The molecule has 0 radical (unpaired) electrons. The average Bonchev–Trinajstić information content (AvgIpc) is 3.48. The van der Waals surface area contributed by atoms with Crippen LogP contribution in [-0.4, -0.2) is 37.3 Å². The van der Waals surface area contributed by atoms with Crippen LogP contribution in [0.2, 0.25) is 0 Å². The molecule has 8 heteroatoms. The van der Waals surface area contributed by atoms with Crippen molar-refractivity contribution in [2.24, 2.45) is 7.05 Å². The lowest BCUT2D eigenvalue weighted by Gasteiger charge is -2.23. The highest BCUT2D eigenvalue weighted by Gasteiger charge is 2.34. The van der Waals surface area contributed by atoms with Gasteiger partial charge in [-0.05, 0) is 44.2 Å². The number of pyridine rings is 1. The van der Waals surface area contributed by atoms with Crippen molar-refractivity contribution in [2.75, 3.05) is 6.54 Å². The van der Waals surface area contributed by atoms with Crippen LogP contribution in [0.4, 0.5) is 0 Å². The van der Waals surface area contributed by atoms with Crippen molar-refractivity contribution in [1.82, 2.24) is 24.8 Å². The van der Waals surface area contributed by atoms with Crippen LogP contribution in [0.1, 0.15) is 46.4 Å². The van der Waals surface area contributed by atoms with E-state index < -0.39 is 0 Å². The van der Waals surface area contributed by atoms with Crippen LogP contribution in [0.15, 0.2) is 34.2 Å². The molecule has 29 heavy (non-hydrogen) atoms. The number of hydrogen-bond donors (Lipinski definition) is 0. The van der Waals surface area contributed by atoms with E-state index in [-0.39, 0.29) is 11.9 Å². The molecule has 0 aromatic carbocycles. The fraction of sp³-hybridized carbons (Fsp3) is 0.333. The number of rotatable bonds is 3. The van der Waals surface area contributed by atoms with Gasteiger partial charge in [0.1, 0.15) is 0 Å². The number of amides is 1. The quantitative estimate of drug-likeness (QED) is 0.507. The largest absolute Gasteiger partial charge is 0.359 e. The van der Waals surface area contributed by atoms with Crippen LogP contribution in [0.3, 0.4) is 0 Å². The Kier molecular flexibility index (Phi) is 4.24. The second-order valence-corrected chi connectivity index (χ2v) is 8.41. The summed E-state index contributed by atoms with van der Waals surface area (Å²) in [5.41, 5.74) is 3.80. The summed E-state index contributed by atoms with van der Waals surface area (Å²) < 4.78 is 7.24. The summed E-state index contributed by atoms with van der Waals surface area (Å²) in [5.74, 6) is 0.739. The van der Waals surface area contributed by atoms with Gasteiger partial charge in [-0.25, -0.2) is 4.98 Å². The molecule has 0 bridgehead atoms. The molecule has 5 heterocycles. The maximum atomic E-state index is 13.7. The molecule has 5 rings (SSSR count). The van der Waals surface area contributed by atoms with Gasteiger partial charge in [0.25, 0.3) is 5.91 Å². The summed E-state index contributed by atoms with van der Waals surface area (Å²) >= 11 is 1.61. The number of thiophene rings is 1. The first kappa shape index (κ1) is 18.1. The molecule has 1 saturated heterocycles. The highest BCUT2D eigenvalue weighted by Crippen LogP contribution is 2.36. The molecule has 1 amide bonds. The summed E-state index contributed by atoms with van der Waals surface area (Å²) in [6.07, 6.45) is 1.81. The normalized spacial score (nSPS) is 16.8. The highest BCUT2D eigenvalue weighted by molar-refractivity contribution is 7.13. The van der Waals surface area contributed by atoms with Crippen LogP contribution < -0.4 is 0 Å². The zero-order valence-electron chi connectivity index (χ0n) is 16.5. The van der Waals surface area contributed by atoms with Gasteiger partial charge in [-0.2, -0.15) is 5.10 Å². The van der Waals surface area contributed by atoms with Crippen molar-refractivity contribution in [3.63, 3.8) is 0 Å². The summed E-state index contributed by atoms with van der Waals surface area (Å²) in [7, 11) is 1.87. The van der Waals surface area contributed by atoms with Gasteiger partial charge in [0.2, 0.25) is 0 Å². The molecule has 1 aliphatic rings. The lowest BCUT2D eigenvalue weighted by molar-refractivity contribution is 0.0716. The molecule has 1 aliphatic heterocycles. The number of fused-ring (bicyclic) bond motifs is 1. The zero-order valence-corrected chi connectivity index (χ0v) is 17.4. The Balaban J connectivity index is 1.64. The molecule has 0 saturated carbocycles. The Labute approximate surface area is 171 Å². The van der Waals surface area contributed by atoms with Gasteiger partial charge < -0.3 is 9.42 Å². The number of aryl methyl sites for hydroxylation is 3. The van der Waals surface area contributed by atoms with Gasteiger partial charge in [0.15, 0.2) is 11.4 Å². The van der Waals surface area contributed by atoms with E-state index in [0.29, 0.717) is 12.1 Å². The van der Waals surface area contributed by atoms with E-state index in [4.69, 9.17) is 9.51 Å². The number of carbonyl (C=O) groups excluding carboxylic acids is 1. The molecule has 7 nitrogen and oxygen atoms in total. The number of hydrogen-bond acceptors (Lipinski definition) is 6. The minimum Gasteiger partial charge on any atom is -0.359 e. The number of likely N-dealkylation sites (tertiary alicyclic amines) is 1. The Morgan fingerprint density at radius 2 is 2.17 bits per heavy atom. The molecule has 0 spiro atoms. The standard InChI is InChI=1S/C21H21N5O2S/c1-12-10-17(28-24-12)16-6-4-8-26(16)21(27)14-11-15(18-7-5-9-29-18)22-20-19(14)13(2)23-25(20)3/h5,7,9-11,16H,4,6,8H2,1-3H3/t16-/m0/s1. The Hall–Kier alpha value is -3.00. The topological polar surface area (TPSA) is 77.0 Å². The first-order valence-electron chi connectivity index (χ1n) is 9.65. The van der Waals surface area contributed by atoms with E-state index in [1.54, 1.807) is 16.0 Å². The number of nitrogens with zero attached hydrogens (tertiary/aromatic N) is 5. The van der Waals surface area contributed by atoms with Crippen LogP contribution >= 0.6 is 11.3 Å². The predicted molar refractivity (Wildman–Crippen MR) is 111 cm³/mol. The van der Waals surface area contributed by atoms with Gasteiger partial charge in [0, 0.05) is 19.7 Å². The first-order valence-corrected chi connectivity index (χ1v) is 10.5. The van der Waals surface area contributed by atoms with E-state index in [1.807, 2.05) is 55.4 Å². The Morgan fingerprint density at radius 1 is 1.31 bits per heavy atom. The van der Waals surface area contributed by atoms with Crippen LogP contribution in [0, 0.1) is 13.8 Å².